The van der Waals surface area contributed by atoms with E-state index in [4.69, 9.17) is 6.42 Å². The molecule has 0 radical (unpaired) electrons. The lowest BCUT2D eigenvalue weighted by atomic mass is 10.2. The van der Waals surface area contributed by atoms with Gasteiger partial charge < -0.3 is 10.2 Å². The Hall–Kier alpha value is -3.62. The number of terminal acetylenes is 1. The lowest BCUT2D eigenvalue weighted by Gasteiger charge is -2.14. The van der Waals surface area contributed by atoms with Crippen LogP contribution in [0.25, 0.3) is 16.5 Å². The third-order valence-electron chi connectivity index (χ3n) is 4.15. The monoisotopic (exact) mass is 400 g/mol. The average Bonchev–Trinajstić information content (AvgIpc) is 3.21. The molecule has 0 saturated heterocycles. The van der Waals surface area contributed by atoms with E-state index < -0.39 is 0 Å². The molecule has 0 unspecified atom stereocenters. The van der Waals surface area contributed by atoms with Crippen molar-refractivity contribution in [3.63, 3.8) is 0 Å². The lowest BCUT2D eigenvalue weighted by molar-refractivity contribution is -0.129. The van der Waals surface area contributed by atoms with Crippen LogP contribution in [-0.2, 0) is 9.59 Å². The molecule has 0 aliphatic carbocycles. The van der Waals surface area contributed by atoms with Gasteiger partial charge in [-0.05, 0) is 42.0 Å². The topological polar surface area (TPSA) is 49.4 Å². The fourth-order valence-electron chi connectivity index (χ4n) is 2.66. The standard InChI is InChI=1S/C24H20N2O2S/c1-3-18-8-7-11-20(16-18)25-23(27)17-26(2)24(28)15-13-21-12-14-22(29-21)19-9-5-4-6-10-19/h1,4-16H,17H2,2H3,(H,25,27)/b15-13+. The number of nitrogens with one attached hydrogen (secondary N) is 1. The van der Waals surface area contributed by atoms with E-state index >= 15 is 0 Å². The molecule has 4 nitrogen and oxygen atoms in total. The third kappa shape index (κ3) is 5.68. The van der Waals surface area contributed by atoms with Crippen molar-refractivity contribution >= 4 is 34.9 Å². The van der Waals surface area contributed by atoms with E-state index in [1.54, 1.807) is 48.7 Å². The van der Waals surface area contributed by atoms with E-state index in [-0.39, 0.29) is 18.4 Å². The number of amides is 2. The van der Waals surface area contributed by atoms with E-state index in [1.165, 1.54) is 11.0 Å². The van der Waals surface area contributed by atoms with Gasteiger partial charge in [-0.3, -0.25) is 9.59 Å². The highest BCUT2D eigenvalue weighted by atomic mass is 32.1. The molecule has 0 fully saturated rings. The fourth-order valence-corrected chi connectivity index (χ4v) is 3.58. The van der Waals surface area contributed by atoms with Crippen molar-refractivity contribution in [2.24, 2.45) is 0 Å². The van der Waals surface area contributed by atoms with Crippen LogP contribution in [0.15, 0.2) is 72.8 Å². The molecular formula is C24H20N2O2S. The molecule has 2 amide bonds. The van der Waals surface area contributed by atoms with Gasteiger partial charge in [-0.1, -0.05) is 42.3 Å². The highest BCUT2D eigenvalue weighted by molar-refractivity contribution is 7.16. The number of likely N-dealkylation sites (N-methyl/N-ethyl adjacent to an activating group) is 1. The summed E-state index contributed by atoms with van der Waals surface area (Å²) in [5.41, 5.74) is 2.43. The highest BCUT2D eigenvalue weighted by Gasteiger charge is 2.11. The summed E-state index contributed by atoms with van der Waals surface area (Å²) in [5, 5.41) is 2.75. The van der Waals surface area contributed by atoms with Crippen molar-refractivity contribution in [2.45, 2.75) is 0 Å². The second-order valence-electron chi connectivity index (χ2n) is 6.37. The molecule has 0 spiro atoms. The van der Waals surface area contributed by atoms with Gasteiger partial charge in [0.15, 0.2) is 0 Å². The molecule has 0 aliphatic heterocycles. The normalized spacial score (nSPS) is 10.5. The van der Waals surface area contributed by atoms with Gasteiger partial charge >= 0.3 is 0 Å². The van der Waals surface area contributed by atoms with Crippen LogP contribution in [0.3, 0.4) is 0 Å². The van der Waals surface area contributed by atoms with E-state index in [0.717, 1.165) is 15.3 Å². The number of nitrogens with zero attached hydrogens (tertiary/aromatic N) is 1. The largest absolute Gasteiger partial charge is 0.333 e. The predicted molar refractivity (Wildman–Crippen MR) is 119 cm³/mol. The second-order valence-corrected chi connectivity index (χ2v) is 7.48. The van der Waals surface area contributed by atoms with Gasteiger partial charge in [-0.25, -0.2) is 0 Å². The van der Waals surface area contributed by atoms with Gasteiger partial charge in [0.1, 0.15) is 0 Å². The van der Waals surface area contributed by atoms with Crippen molar-refractivity contribution in [1.82, 2.24) is 4.90 Å². The first-order valence-electron chi connectivity index (χ1n) is 9.00. The van der Waals surface area contributed by atoms with Crippen LogP contribution < -0.4 is 5.32 Å². The summed E-state index contributed by atoms with van der Waals surface area (Å²) in [7, 11) is 1.59. The van der Waals surface area contributed by atoms with Gasteiger partial charge in [0, 0.05) is 34.1 Å². The number of hydrogen-bond donors (Lipinski definition) is 1. The summed E-state index contributed by atoms with van der Waals surface area (Å²) < 4.78 is 0. The average molecular weight is 401 g/mol. The summed E-state index contributed by atoms with van der Waals surface area (Å²) >= 11 is 1.61. The smallest absolute Gasteiger partial charge is 0.246 e. The number of carbonyl (C=O) groups excluding carboxylic acids is 2. The Morgan fingerprint density at radius 3 is 2.66 bits per heavy atom. The Labute approximate surface area is 174 Å². The van der Waals surface area contributed by atoms with Gasteiger partial charge in [-0.15, -0.1) is 17.8 Å². The summed E-state index contributed by atoms with van der Waals surface area (Å²) in [4.78, 5) is 28.0. The van der Waals surface area contributed by atoms with E-state index in [2.05, 4.69) is 23.4 Å². The summed E-state index contributed by atoms with van der Waals surface area (Å²) in [6.07, 6.45) is 8.61. The zero-order valence-corrected chi connectivity index (χ0v) is 16.8. The third-order valence-corrected chi connectivity index (χ3v) is 5.24. The molecular weight excluding hydrogens is 380 g/mol. The Morgan fingerprint density at radius 1 is 1.10 bits per heavy atom. The quantitative estimate of drug-likeness (QED) is 0.489. The number of carbonyl (C=O) groups is 2. The van der Waals surface area contributed by atoms with Crippen LogP contribution >= 0.6 is 11.3 Å². The van der Waals surface area contributed by atoms with Crippen molar-refractivity contribution in [1.29, 1.82) is 0 Å². The van der Waals surface area contributed by atoms with Crippen LogP contribution in [0.5, 0.6) is 0 Å². The number of rotatable bonds is 6. The molecule has 5 heteroatoms. The highest BCUT2D eigenvalue weighted by Crippen LogP contribution is 2.28. The minimum Gasteiger partial charge on any atom is -0.333 e. The van der Waals surface area contributed by atoms with Gasteiger partial charge in [0.05, 0.1) is 6.54 Å². The zero-order valence-electron chi connectivity index (χ0n) is 16.0. The Bertz CT molecular complexity index is 1080. The number of benzene rings is 2. The first-order valence-corrected chi connectivity index (χ1v) is 9.82. The molecule has 3 rings (SSSR count). The molecule has 29 heavy (non-hydrogen) atoms. The minimum atomic E-state index is -0.286. The summed E-state index contributed by atoms with van der Waals surface area (Å²) in [6, 6.07) is 21.1. The molecule has 1 aromatic heterocycles. The Morgan fingerprint density at radius 2 is 1.90 bits per heavy atom. The van der Waals surface area contributed by atoms with E-state index in [0.29, 0.717) is 11.3 Å². The first-order chi connectivity index (χ1) is 14.0. The van der Waals surface area contributed by atoms with Crippen LogP contribution in [0, 0.1) is 12.3 Å². The summed E-state index contributed by atoms with van der Waals surface area (Å²) in [5.74, 6) is 1.99. The molecule has 2 aromatic carbocycles. The van der Waals surface area contributed by atoms with Crippen molar-refractivity contribution in [3.8, 4) is 22.8 Å². The molecule has 3 aromatic rings. The maximum Gasteiger partial charge on any atom is 0.246 e. The van der Waals surface area contributed by atoms with E-state index in [1.807, 2.05) is 30.3 Å². The maximum absolute atomic E-state index is 12.3. The van der Waals surface area contributed by atoms with Crippen LogP contribution in [-0.4, -0.2) is 30.3 Å². The van der Waals surface area contributed by atoms with Crippen LogP contribution in [0.2, 0.25) is 0 Å². The first kappa shape index (κ1) is 20.1. The second kappa shape index (κ2) is 9.54. The molecule has 1 heterocycles. The maximum atomic E-state index is 12.3. The predicted octanol–water partition coefficient (Wildman–Crippen LogP) is 4.51. The molecule has 144 valence electrons. The van der Waals surface area contributed by atoms with Crippen molar-refractivity contribution < 1.29 is 9.59 Å². The Balaban J connectivity index is 1.55. The molecule has 0 aliphatic rings. The number of hydrogen-bond acceptors (Lipinski definition) is 3. The van der Waals surface area contributed by atoms with Gasteiger partial charge in [0.25, 0.3) is 0 Å². The Kier molecular flexibility index (Phi) is 6.62. The van der Waals surface area contributed by atoms with Gasteiger partial charge in [0.2, 0.25) is 11.8 Å². The summed E-state index contributed by atoms with van der Waals surface area (Å²) in [6.45, 7) is -0.0524. The zero-order chi connectivity index (χ0) is 20.6. The van der Waals surface area contributed by atoms with Gasteiger partial charge in [-0.2, -0.15) is 0 Å². The SMILES string of the molecule is C#Cc1cccc(NC(=O)CN(C)C(=O)/C=C/c2ccc(-c3ccccc3)s2)c1. The minimum absolute atomic E-state index is 0.0524. The van der Waals surface area contributed by atoms with Crippen LogP contribution in [0.4, 0.5) is 5.69 Å². The van der Waals surface area contributed by atoms with Crippen molar-refractivity contribution in [3.05, 3.63) is 83.2 Å². The van der Waals surface area contributed by atoms with Crippen molar-refractivity contribution in [2.75, 3.05) is 18.9 Å². The lowest BCUT2D eigenvalue weighted by Crippen LogP contribution is -2.33. The molecule has 1 N–H and O–H groups in total. The molecule has 0 bridgehead atoms. The van der Waals surface area contributed by atoms with E-state index in [9.17, 15) is 9.59 Å². The molecule has 0 saturated carbocycles. The number of anilines is 1. The van der Waals surface area contributed by atoms with Crippen LogP contribution in [0.1, 0.15) is 10.4 Å². The number of thiophene rings is 1. The fraction of sp³-hybridized carbons (Fsp3) is 0.0833. The molecule has 0 atom stereocenters.